The fraction of sp³-hybridized carbons (Fsp3) is 0.481. The number of hydrogen-bond acceptors (Lipinski definition) is 8. The predicted molar refractivity (Wildman–Crippen MR) is 150 cm³/mol. The fourth-order valence-corrected chi connectivity index (χ4v) is 6.58. The first kappa shape index (κ1) is 27.3. The summed E-state index contributed by atoms with van der Waals surface area (Å²) in [5.41, 5.74) is 1.53. The van der Waals surface area contributed by atoms with Gasteiger partial charge < -0.3 is 14.8 Å². The number of anilines is 2. The molecule has 10 heteroatoms. The first-order chi connectivity index (χ1) is 17.6. The number of carbonyl (C=O) groups excluding carboxylic acids is 1. The number of carbonyl (C=O) groups is 1. The summed E-state index contributed by atoms with van der Waals surface area (Å²) in [6.07, 6.45) is 4.00. The van der Waals surface area contributed by atoms with Crippen LogP contribution in [0.4, 0.5) is 10.8 Å². The number of hydrogen-bond donors (Lipinski definition) is 2. The molecule has 1 fully saturated rings. The van der Waals surface area contributed by atoms with Crippen LogP contribution in [-0.4, -0.2) is 49.4 Å². The highest BCUT2D eigenvalue weighted by Gasteiger charge is 2.24. The molecule has 2 N–H and O–H groups in total. The van der Waals surface area contributed by atoms with Crippen molar-refractivity contribution in [3.05, 3.63) is 42.5 Å². The lowest BCUT2D eigenvalue weighted by Crippen LogP contribution is -2.40. The number of nitrogens with zero attached hydrogens (tertiary/aromatic N) is 2. The van der Waals surface area contributed by atoms with Crippen LogP contribution in [0.15, 0.2) is 47.4 Å². The van der Waals surface area contributed by atoms with Gasteiger partial charge in [0, 0.05) is 42.8 Å². The molecule has 1 aliphatic carbocycles. The van der Waals surface area contributed by atoms with Gasteiger partial charge >= 0.3 is 10.1 Å². The minimum atomic E-state index is -4.00. The SMILES string of the molecule is CC(C)N(CCNc1ccc(S(=O)(=O)Oc2ccc3nc(NC(=O)C4CCCC4)sc3c2)cc1)C(C)C. The molecule has 0 saturated heterocycles. The summed E-state index contributed by atoms with van der Waals surface area (Å²) in [5.74, 6) is 0.257. The zero-order chi connectivity index (χ0) is 26.6. The van der Waals surface area contributed by atoms with E-state index in [0.29, 0.717) is 22.7 Å². The third-order valence-corrected chi connectivity index (χ3v) is 8.89. The van der Waals surface area contributed by atoms with Gasteiger partial charge in [0.1, 0.15) is 10.6 Å². The number of aromatic nitrogens is 1. The van der Waals surface area contributed by atoms with Crippen molar-refractivity contribution in [3.8, 4) is 5.75 Å². The van der Waals surface area contributed by atoms with Gasteiger partial charge in [-0.2, -0.15) is 8.42 Å². The van der Waals surface area contributed by atoms with Crippen molar-refractivity contribution in [2.75, 3.05) is 23.7 Å². The summed E-state index contributed by atoms with van der Waals surface area (Å²) in [7, 11) is -4.00. The molecule has 1 aromatic heterocycles. The van der Waals surface area contributed by atoms with Crippen LogP contribution in [0.3, 0.4) is 0 Å². The van der Waals surface area contributed by atoms with Crippen LogP contribution in [0.1, 0.15) is 53.4 Å². The summed E-state index contributed by atoms with van der Waals surface area (Å²) in [6, 6.07) is 12.4. The lowest BCUT2D eigenvalue weighted by Gasteiger charge is -2.30. The highest BCUT2D eigenvalue weighted by atomic mass is 32.2. The molecule has 1 saturated carbocycles. The molecule has 0 atom stereocenters. The average molecular weight is 545 g/mol. The third kappa shape index (κ3) is 7.00. The average Bonchev–Trinajstić information content (AvgIpc) is 3.51. The second-order valence-corrected chi connectivity index (χ2v) is 12.6. The van der Waals surface area contributed by atoms with Gasteiger partial charge in [0.25, 0.3) is 0 Å². The first-order valence-corrected chi connectivity index (χ1v) is 15.1. The number of amides is 1. The van der Waals surface area contributed by atoms with E-state index in [1.54, 1.807) is 42.5 Å². The van der Waals surface area contributed by atoms with Crippen molar-refractivity contribution in [2.45, 2.75) is 70.4 Å². The fourth-order valence-electron chi connectivity index (χ4n) is 4.76. The molecule has 2 aromatic carbocycles. The summed E-state index contributed by atoms with van der Waals surface area (Å²) >= 11 is 1.31. The maximum Gasteiger partial charge on any atom is 0.339 e. The van der Waals surface area contributed by atoms with E-state index >= 15 is 0 Å². The van der Waals surface area contributed by atoms with Gasteiger partial charge in [-0.3, -0.25) is 9.69 Å². The van der Waals surface area contributed by atoms with Crippen molar-refractivity contribution in [3.63, 3.8) is 0 Å². The molecular weight excluding hydrogens is 508 g/mol. The number of rotatable bonds is 11. The van der Waals surface area contributed by atoms with E-state index in [1.807, 2.05) is 0 Å². The number of benzene rings is 2. The van der Waals surface area contributed by atoms with E-state index in [2.05, 4.69) is 48.2 Å². The van der Waals surface area contributed by atoms with Gasteiger partial charge in [0.05, 0.1) is 10.2 Å². The molecule has 0 bridgehead atoms. The molecule has 3 aromatic rings. The normalized spacial score (nSPS) is 14.7. The molecule has 0 spiro atoms. The lowest BCUT2D eigenvalue weighted by molar-refractivity contribution is -0.119. The molecule has 4 rings (SSSR count). The predicted octanol–water partition coefficient (Wildman–Crippen LogP) is 5.72. The topological polar surface area (TPSA) is 101 Å². The van der Waals surface area contributed by atoms with E-state index in [-0.39, 0.29) is 22.5 Å². The molecule has 200 valence electrons. The van der Waals surface area contributed by atoms with Crippen molar-refractivity contribution in [1.82, 2.24) is 9.88 Å². The van der Waals surface area contributed by atoms with Crippen LogP contribution in [0.5, 0.6) is 5.75 Å². The van der Waals surface area contributed by atoms with Crippen LogP contribution >= 0.6 is 11.3 Å². The summed E-state index contributed by atoms with van der Waals surface area (Å²) in [5, 5.41) is 6.77. The second-order valence-electron chi connectivity index (χ2n) is 10.0. The number of fused-ring (bicyclic) bond motifs is 1. The molecular formula is C27H36N4O4S2. The Hall–Kier alpha value is -2.69. The molecule has 0 aliphatic heterocycles. The largest absolute Gasteiger partial charge is 0.384 e. The van der Waals surface area contributed by atoms with Gasteiger partial charge in [-0.1, -0.05) is 24.2 Å². The van der Waals surface area contributed by atoms with E-state index in [9.17, 15) is 13.2 Å². The van der Waals surface area contributed by atoms with Crippen molar-refractivity contribution >= 4 is 48.4 Å². The highest BCUT2D eigenvalue weighted by molar-refractivity contribution is 7.87. The van der Waals surface area contributed by atoms with Crippen molar-refractivity contribution < 1.29 is 17.4 Å². The molecule has 0 radical (unpaired) electrons. The summed E-state index contributed by atoms with van der Waals surface area (Å²) < 4.78 is 31.9. The van der Waals surface area contributed by atoms with Gasteiger partial charge in [0.15, 0.2) is 5.13 Å². The molecule has 8 nitrogen and oxygen atoms in total. The molecule has 1 aliphatic rings. The first-order valence-electron chi connectivity index (χ1n) is 12.9. The summed E-state index contributed by atoms with van der Waals surface area (Å²) in [6.45, 7) is 10.4. The van der Waals surface area contributed by atoms with Gasteiger partial charge in [-0.25, -0.2) is 4.98 Å². The Kier molecular flexibility index (Phi) is 8.71. The van der Waals surface area contributed by atoms with Gasteiger partial charge in [-0.15, -0.1) is 0 Å². The zero-order valence-electron chi connectivity index (χ0n) is 21.9. The molecule has 0 unspecified atom stereocenters. The Morgan fingerprint density at radius 2 is 1.76 bits per heavy atom. The monoisotopic (exact) mass is 544 g/mol. The van der Waals surface area contributed by atoms with E-state index in [4.69, 9.17) is 4.18 Å². The molecule has 1 amide bonds. The Morgan fingerprint density at radius 3 is 2.41 bits per heavy atom. The third-order valence-electron chi connectivity index (χ3n) is 6.69. The highest BCUT2D eigenvalue weighted by Crippen LogP contribution is 2.32. The minimum Gasteiger partial charge on any atom is -0.384 e. The standard InChI is InChI=1S/C27H36N4O4S2/c1-18(2)31(19(3)4)16-15-28-21-9-12-23(13-10-21)37(33,34)35-22-11-14-24-25(17-22)36-27(29-24)30-26(32)20-7-5-6-8-20/h9-14,17-20,28H,5-8,15-16H2,1-4H3,(H,29,30,32). The van der Waals surface area contributed by atoms with Crippen molar-refractivity contribution in [1.29, 1.82) is 0 Å². The quantitative estimate of drug-likeness (QED) is 0.298. The Labute approximate surface area is 223 Å². The number of thiazole rings is 1. The van der Waals surface area contributed by atoms with Crippen LogP contribution in [-0.2, 0) is 14.9 Å². The Bertz CT molecular complexity index is 1310. The Balaban J connectivity index is 1.37. The number of nitrogens with one attached hydrogen (secondary N) is 2. The second kappa shape index (κ2) is 11.8. The van der Waals surface area contributed by atoms with Crippen LogP contribution in [0, 0.1) is 5.92 Å². The van der Waals surface area contributed by atoms with Crippen molar-refractivity contribution in [2.24, 2.45) is 5.92 Å². The van der Waals surface area contributed by atoms with E-state index in [0.717, 1.165) is 49.2 Å². The van der Waals surface area contributed by atoms with Crippen LogP contribution < -0.4 is 14.8 Å². The Morgan fingerprint density at radius 1 is 1.08 bits per heavy atom. The summed E-state index contributed by atoms with van der Waals surface area (Å²) in [4.78, 5) is 19.3. The van der Waals surface area contributed by atoms with Crippen LogP contribution in [0.2, 0.25) is 0 Å². The van der Waals surface area contributed by atoms with E-state index < -0.39 is 10.1 Å². The van der Waals surface area contributed by atoms with Gasteiger partial charge in [-0.05, 0) is 76.9 Å². The van der Waals surface area contributed by atoms with Crippen LogP contribution in [0.25, 0.3) is 10.2 Å². The maximum absolute atomic E-state index is 12.9. The smallest absolute Gasteiger partial charge is 0.339 e. The lowest BCUT2D eigenvalue weighted by atomic mass is 10.1. The maximum atomic E-state index is 12.9. The van der Waals surface area contributed by atoms with E-state index in [1.165, 1.54) is 11.3 Å². The molecule has 1 heterocycles. The zero-order valence-corrected chi connectivity index (χ0v) is 23.5. The van der Waals surface area contributed by atoms with Gasteiger partial charge in [0.2, 0.25) is 5.91 Å². The molecule has 37 heavy (non-hydrogen) atoms. The minimum absolute atomic E-state index is 0.00529.